The predicted molar refractivity (Wildman–Crippen MR) is 119 cm³/mol. The number of amides is 1. The van der Waals surface area contributed by atoms with E-state index in [1.165, 1.54) is 30.6 Å². The van der Waals surface area contributed by atoms with Crippen molar-refractivity contribution < 1.29 is 4.79 Å². The Kier molecular flexibility index (Phi) is 9.89. The Labute approximate surface area is 175 Å². The second-order valence-corrected chi connectivity index (χ2v) is 10.7. The minimum absolute atomic E-state index is 0.269. The average molecular weight is 460 g/mol. The van der Waals surface area contributed by atoms with Crippen molar-refractivity contribution in [1.29, 1.82) is 0 Å². The Morgan fingerprint density at radius 3 is 2.58 bits per heavy atom. The molecule has 1 aliphatic rings. The highest BCUT2D eigenvalue weighted by Gasteiger charge is 2.27. The van der Waals surface area contributed by atoms with Crippen molar-refractivity contribution in [2.24, 2.45) is 0 Å². The molecular formula is C20H31BrN2OS2. The van der Waals surface area contributed by atoms with E-state index < -0.39 is 0 Å². The molecule has 2 atom stereocenters. The van der Waals surface area contributed by atoms with Crippen molar-refractivity contribution in [3.63, 3.8) is 0 Å². The van der Waals surface area contributed by atoms with Crippen LogP contribution in [-0.4, -0.2) is 66.2 Å². The van der Waals surface area contributed by atoms with Crippen LogP contribution in [0.15, 0.2) is 33.6 Å². The van der Waals surface area contributed by atoms with Gasteiger partial charge in [0.05, 0.1) is 5.75 Å². The van der Waals surface area contributed by atoms with Crippen LogP contribution in [0, 0.1) is 0 Å². The van der Waals surface area contributed by atoms with E-state index in [1.807, 2.05) is 35.5 Å². The number of benzene rings is 1. The molecule has 0 heterocycles. The maximum atomic E-state index is 12.4. The summed E-state index contributed by atoms with van der Waals surface area (Å²) in [5, 5.41) is 1.18. The maximum absolute atomic E-state index is 12.4. The first-order chi connectivity index (χ1) is 12.5. The van der Waals surface area contributed by atoms with Gasteiger partial charge in [-0.15, -0.1) is 23.5 Å². The summed E-state index contributed by atoms with van der Waals surface area (Å²) in [5.74, 6) is 0.879. The normalized spacial score (nSPS) is 20.3. The van der Waals surface area contributed by atoms with Crippen LogP contribution in [0.25, 0.3) is 0 Å². The van der Waals surface area contributed by atoms with E-state index in [1.54, 1.807) is 0 Å². The number of carbonyl (C=O) groups is 1. The van der Waals surface area contributed by atoms with Gasteiger partial charge >= 0.3 is 0 Å². The summed E-state index contributed by atoms with van der Waals surface area (Å²) in [6, 6.07) is 8.56. The smallest absolute Gasteiger partial charge is 0.232 e. The summed E-state index contributed by atoms with van der Waals surface area (Å²) in [4.78, 5) is 17.8. The number of thioether (sulfide) groups is 2. The molecule has 1 aromatic rings. The first-order valence-corrected chi connectivity index (χ1v) is 12.1. The molecule has 0 saturated heterocycles. The molecule has 1 amide bonds. The predicted octanol–water partition coefficient (Wildman–Crippen LogP) is 5.00. The fourth-order valence-electron chi connectivity index (χ4n) is 3.14. The zero-order valence-corrected chi connectivity index (χ0v) is 19.3. The molecule has 3 nitrogen and oxygen atoms in total. The van der Waals surface area contributed by atoms with E-state index in [9.17, 15) is 4.79 Å². The maximum Gasteiger partial charge on any atom is 0.232 e. The molecule has 0 N–H and O–H groups in total. The van der Waals surface area contributed by atoms with Gasteiger partial charge < -0.3 is 9.80 Å². The Bertz CT molecular complexity index is 570. The first kappa shape index (κ1) is 22.1. The van der Waals surface area contributed by atoms with Crippen LogP contribution in [0.5, 0.6) is 0 Å². The lowest BCUT2D eigenvalue weighted by molar-refractivity contribution is -0.127. The lowest BCUT2D eigenvalue weighted by Gasteiger charge is -2.31. The van der Waals surface area contributed by atoms with Gasteiger partial charge in [-0.25, -0.2) is 0 Å². The van der Waals surface area contributed by atoms with Crippen LogP contribution >= 0.6 is 39.5 Å². The largest absolute Gasteiger partial charge is 0.345 e. The van der Waals surface area contributed by atoms with Gasteiger partial charge in [0.1, 0.15) is 0 Å². The SMILES string of the molecule is CN(C)CCCN(C)C(=O)CSC1CCCCC1Sc1cccc(Br)c1. The van der Waals surface area contributed by atoms with Gasteiger partial charge in [0, 0.05) is 33.5 Å². The average Bonchev–Trinajstić information content (AvgIpc) is 2.60. The summed E-state index contributed by atoms with van der Waals surface area (Å²) >= 11 is 7.42. The van der Waals surface area contributed by atoms with E-state index in [0.717, 1.165) is 24.0 Å². The van der Waals surface area contributed by atoms with E-state index in [4.69, 9.17) is 0 Å². The van der Waals surface area contributed by atoms with E-state index in [0.29, 0.717) is 16.3 Å². The monoisotopic (exact) mass is 458 g/mol. The van der Waals surface area contributed by atoms with Crippen LogP contribution in [0.1, 0.15) is 32.1 Å². The molecule has 0 radical (unpaired) electrons. The Hall–Kier alpha value is -0.170. The van der Waals surface area contributed by atoms with Crippen molar-refractivity contribution >= 4 is 45.4 Å². The third-order valence-corrected chi connectivity index (χ3v) is 8.14. The fraction of sp³-hybridized carbons (Fsp3) is 0.650. The van der Waals surface area contributed by atoms with E-state index in [2.05, 4.69) is 59.2 Å². The Balaban J connectivity index is 1.81. The third-order valence-electron chi connectivity index (χ3n) is 4.67. The zero-order valence-electron chi connectivity index (χ0n) is 16.1. The second kappa shape index (κ2) is 11.6. The molecule has 26 heavy (non-hydrogen) atoms. The molecule has 0 spiro atoms. The summed E-state index contributed by atoms with van der Waals surface area (Å²) < 4.78 is 1.14. The molecule has 1 aromatic carbocycles. The summed E-state index contributed by atoms with van der Waals surface area (Å²) in [6.07, 6.45) is 6.11. The molecule has 1 fully saturated rings. The van der Waals surface area contributed by atoms with Gasteiger partial charge in [-0.1, -0.05) is 34.8 Å². The van der Waals surface area contributed by atoms with Gasteiger partial charge in [0.25, 0.3) is 0 Å². The van der Waals surface area contributed by atoms with Crippen LogP contribution < -0.4 is 0 Å². The molecule has 1 aliphatic carbocycles. The summed E-state index contributed by atoms with van der Waals surface area (Å²) in [5.41, 5.74) is 0. The molecule has 1 saturated carbocycles. The minimum Gasteiger partial charge on any atom is -0.345 e. The van der Waals surface area contributed by atoms with E-state index >= 15 is 0 Å². The molecule has 0 aliphatic heterocycles. The summed E-state index contributed by atoms with van der Waals surface area (Å²) in [6.45, 7) is 1.87. The van der Waals surface area contributed by atoms with Gasteiger partial charge in [-0.05, 0) is 58.1 Å². The molecule has 2 unspecified atom stereocenters. The van der Waals surface area contributed by atoms with Crippen LogP contribution in [-0.2, 0) is 4.79 Å². The number of halogens is 1. The van der Waals surface area contributed by atoms with Crippen LogP contribution in [0.2, 0.25) is 0 Å². The molecular weight excluding hydrogens is 428 g/mol. The highest BCUT2D eigenvalue weighted by atomic mass is 79.9. The van der Waals surface area contributed by atoms with Gasteiger partial charge in [0.2, 0.25) is 5.91 Å². The molecule has 0 aromatic heterocycles. The van der Waals surface area contributed by atoms with Crippen molar-refractivity contribution in [1.82, 2.24) is 9.80 Å². The van der Waals surface area contributed by atoms with Crippen molar-refractivity contribution in [3.05, 3.63) is 28.7 Å². The number of hydrogen-bond donors (Lipinski definition) is 0. The molecule has 6 heteroatoms. The Morgan fingerprint density at radius 2 is 1.88 bits per heavy atom. The van der Waals surface area contributed by atoms with E-state index in [-0.39, 0.29) is 5.91 Å². The number of hydrogen-bond acceptors (Lipinski definition) is 4. The second-order valence-electron chi connectivity index (χ2n) is 7.22. The van der Waals surface area contributed by atoms with Crippen LogP contribution in [0.3, 0.4) is 0 Å². The van der Waals surface area contributed by atoms with Crippen LogP contribution in [0.4, 0.5) is 0 Å². The summed E-state index contributed by atoms with van der Waals surface area (Å²) in [7, 11) is 6.08. The minimum atomic E-state index is 0.269. The van der Waals surface area contributed by atoms with Crippen molar-refractivity contribution in [2.75, 3.05) is 40.0 Å². The number of nitrogens with zero attached hydrogens (tertiary/aromatic N) is 2. The third kappa shape index (κ3) is 7.83. The standard InChI is InChI=1S/C20H31BrN2OS2/c1-22(2)12-7-13-23(3)20(24)15-25-18-10-4-5-11-19(18)26-17-9-6-8-16(21)14-17/h6,8-9,14,18-19H,4-5,7,10-13,15H2,1-3H3. The highest BCUT2D eigenvalue weighted by molar-refractivity contribution is 9.10. The first-order valence-electron chi connectivity index (χ1n) is 9.38. The Morgan fingerprint density at radius 1 is 1.15 bits per heavy atom. The van der Waals surface area contributed by atoms with Gasteiger partial charge in [-0.2, -0.15) is 0 Å². The number of rotatable bonds is 9. The quantitative estimate of drug-likeness (QED) is 0.519. The zero-order chi connectivity index (χ0) is 18.9. The van der Waals surface area contributed by atoms with Gasteiger partial charge in [0.15, 0.2) is 0 Å². The lowest BCUT2D eigenvalue weighted by atomic mass is 10.00. The fourth-order valence-corrected chi connectivity index (χ4v) is 6.63. The topological polar surface area (TPSA) is 23.6 Å². The van der Waals surface area contributed by atoms with Gasteiger partial charge in [-0.3, -0.25) is 4.79 Å². The molecule has 146 valence electrons. The van der Waals surface area contributed by atoms with Crippen molar-refractivity contribution in [2.45, 2.75) is 47.5 Å². The highest BCUT2D eigenvalue weighted by Crippen LogP contribution is 2.40. The number of carbonyl (C=O) groups excluding carboxylic acids is 1. The lowest BCUT2D eigenvalue weighted by Crippen LogP contribution is -2.33. The van der Waals surface area contributed by atoms with Crippen molar-refractivity contribution in [3.8, 4) is 0 Å². The molecule has 0 bridgehead atoms. The molecule has 2 rings (SSSR count).